The summed E-state index contributed by atoms with van der Waals surface area (Å²) in [6, 6.07) is 8.32. The second kappa shape index (κ2) is 7.98. The van der Waals surface area contributed by atoms with E-state index in [9.17, 15) is 0 Å². The molecule has 2 rings (SSSR count). The van der Waals surface area contributed by atoms with E-state index in [4.69, 9.17) is 17.0 Å². The monoisotopic (exact) mass is 305 g/mol. The standard InChI is InChI=1S/C16H23N3OS/c1-12(13-7-6-10-15(11-13)20-2)18-19-16(21)17-14-8-4-3-5-9-14/h6-7,10-11,14H,3-5,8-9H2,1-2H3,(H2,17,19,21)/b18-12+. The quantitative estimate of drug-likeness (QED) is 0.509. The van der Waals surface area contributed by atoms with E-state index in [0.29, 0.717) is 11.2 Å². The molecule has 0 bridgehead atoms. The minimum atomic E-state index is 0.492. The van der Waals surface area contributed by atoms with Crippen LogP contribution in [0, 0.1) is 0 Å². The SMILES string of the molecule is COc1cccc(/C(C)=N/NC(=S)NC2CCCCC2)c1. The molecular weight excluding hydrogens is 282 g/mol. The lowest BCUT2D eigenvalue weighted by molar-refractivity contribution is 0.412. The summed E-state index contributed by atoms with van der Waals surface area (Å²) in [6.45, 7) is 1.95. The van der Waals surface area contributed by atoms with E-state index in [0.717, 1.165) is 17.0 Å². The third-order valence-electron chi connectivity index (χ3n) is 3.75. The first-order valence-electron chi connectivity index (χ1n) is 7.44. The van der Waals surface area contributed by atoms with Crippen LogP contribution in [0.5, 0.6) is 5.75 Å². The minimum absolute atomic E-state index is 0.492. The van der Waals surface area contributed by atoms with Crippen molar-refractivity contribution >= 4 is 23.0 Å². The van der Waals surface area contributed by atoms with E-state index in [1.165, 1.54) is 32.1 Å². The lowest BCUT2D eigenvalue weighted by Crippen LogP contribution is -2.41. The van der Waals surface area contributed by atoms with Crippen molar-refractivity contribution in [3.8, 4) is 5.75 Å². The van der Waals surface area contributed by atoms with E-state index in [-0.39, 0.29) is 0 Å². The highest BCUT2D eigenvalue weighted by Crippen LogP contribution is 2.17. The molecule has 21 heavy (non-hydrogen) atoms. The Morgan fingerprint density at radius 1 is 1.29 bits per heavy atom. The molecule has 0 spiro atoms. The summed E-state index contributed by atoms with van der Waals surface area (Å²) in [5.74, 6) is 0.824. The van der Waals surface area contributed by atoms with E-state index in [2.05, 4.69) is 15.8 Å². The van der Waals surface area contributed by atoms with Crippen LogP contribution in [0.2, 0.25) is 0 Å². The van der Waals surface area contributed by atoms with Crippen molar-refractivity contribution in [3.05, 3.63) is 29.8 Å². The normalized spacial score (nSPS) is 16.4. The van der Waals surface area contributed by atoms with Crippen molar-refractivity contribution in [1.29, 1.82) is 0 Å². The van der Waals surface area contributed by atoms with Crippen LogP contribution in [0.4, 0.5) is 0 Å². The molecule has 1 fully saturated rings. The number of methoxy groups -OCH3 is 1. The van der Waals surface area contributed by atoms with Gasteiger partial charge in [-0.05, 0) is 44.1 Å². The number of benzene rings is 1. The fourth-order valence-corrected chi connectivity index (χ4v) is 2.72. The van der Waals surface area contributed by atoms with Gasteiger partial charge in [-0.2, -0.15) is 5.10 Å². The Morgan fingerprint density at radius 3 is 2.76 bits per heavy atom. The lowest BCUT2D eigenvalue weighted by Gasteiger charge is -2.23. The molecule has 114 valence electrons. The summed E-state index contributed by atoms with van der Waals surface area (Å²) >= 11 is 5.30. The van der Waals surface area contributed by atoms with Crippen LogP contribution in [0.15, 0.2) is 29.4 Å². The Labute approximate surface area is 132 Å². The third kappa shape index (κ3) is 5.01. The molecule has 1 saturated carbocycles. The van der Waals surface area contributed by atoms with Crippen molar-refractivity contribution in [2.75, 3.05) is 7.11 Å². The summed E-state index contributed by atoms with van der Waals surface area (Å²) in [6.07, 6.45) is 6.30. The summed E-state index contributed by atoms with van der Waals surface area (Å²) in [7, 11) is 1.66. The maximum atomic E-state index is 5.30. The molecule has 1 aromatic carbocycles. The number of nitrogens with zero attached hydrogens (tertiary/aromatic N) is 1. The van der Waals surface area contributed by atoms with Gasteiger partial charge < -0.3 is 10.1 Å². The number of nitrogens with one attached hydrogen (secondary N) is 2. The van der Waals surface area contributed by atoms with Gasteiger partial charge in [0, 0.05) is 11.6 Å². The smallest absolute Gasteiger partial charge is 0.187 e. The summed E-state index contributed by atoms with van der Waals surface area (Å²) < 4.78 is 5.22. The van der Waals surface area contributed by atoms with Gasteiger partial charge in [-0.3, -0.25) is 5.43 Å². The summed E-state index contributed by atoms with van der Waals surface area (Å²) in [5, 5.41) is 8.28. The van der Waals surface area contributed by atoms with Crippen LogP contribution in [-0.2, 0) is 0 Å². The highest BCUT2D eigenvalue weighted by molar-refractivity contribution is 7.80. The molecule has 4 nitrogen and oxygen atoms in total. The molecule has 0 amide bonds. The Morgan fingerprint density at radius 2 is 2.05 bits per heavy atom. The zero-order valence-corrected chi connectivity index (χ0v) is 13.5. The van der Waals surface area contributed by atoms with E-state index in [1.54, 1.807) is 7.11 Å². The first kappa shape index (κ1) is 15.8. The zero-order chi connectivity index (χ0) is 15.1. The molecule has 0 aliphatic heterocycles. The second-order valence-corrected chi connectivity index (χ2v) is 5.76. The van der Waals surface area contributed by atoms with E-state index < -0.39 is 0 Å². The molecule has 1 aromatic rings. The van der Waals surface area contributed by atoms with Crippen LogP contribution >= 0.6 is 12.2 Å². The first-order valence-corrected chi connectivity index (χ1v) is 7.85. The van der Waals surface area contributed by atoms with Crippen molar-refractivity contribution in [2.24, 2.45) is 5.10 Å². The molecule has 0 aromatic heterocycles. The predicted molar refractivity (Wildman–Crippen MR) is 90.9 cm³/mol. The van der Waals surface area contributed by atoms with Gasteiger partial charge in [-0.15, -0.1) is 0 Å². The molecule has 2 N–H and O–H groups in total. The van der Waals surface area contributed by atoms with Crippen LogP contribution in [-0.4, -0.2) is 24.0 Å². The Balaban J connectivity index is 1.88. The van der Waals surface area contributed by atoms with Crippen molar-refractivity contribution in [1.82, 2.24) is 10.7 Å². The first-order chi connectivity index (χ1) is 10.2. The molecule has 1 aliphatic rings. The molecule has 0 heterocycles. The van der Waals surface area contributed by atoms with Gasteiger partial charge in [0.2, 0.25) is 0 Å². The number of hydrazone groups is 1. The van der Waals surface area contributed by atoms with Crippen molar-refractivity contribution < 1.29 is 4.74 Å². The Bertz CT molecular complexity index is 510. The number of rotatable bonds is 4. The van der Waals surface area contributed by atoms with Gasteiger partial charge in [-0.25, -0.2) is 0 Å². The van der Waals surface area contributed by atoms with Crippen LogP contribution in [0.25, 0.3) is 0 Å². The van der Waals surface area contributed by atoms with Crippen molar-refractivity contribution in [2.45, 2.75) is 45.1 Å². The fraction of sp³-hybridized carbons (Fsp3) is 0.500. The number of ether oxygens (including phenoxy) is 1. The number of thiocarbonyl (C=S) groups is 1. The zero-order valence-electron chi connectivity index (χ0n) is 12.7. The van der Waals surface area contributed by atoms with Gasteiger partial charge in [0.15, 0.2) is 5.11 Å². The Kier molecular flexibility index (Phi) is 5.99. The largest absolute Gasteiger partial charge is 0.497 e. The molecular formula is C16H23N3OS. The van der Waals surface area contributed by atoms with Crippen LogP contribution in [0.1, 0.15) is 44.6 Å². The molecule has 5 heteroatoms. The van der Waals surface area contributed by atoms with E-state index in [1.807, 2.05) is 31.2 Å². The number of hydrogen-bond acceptors (Lipinski definition) is 3. The maximum Gasteiger partial charge on any atom is 0.187 e. The maximum absolute atomic E-state index is 5.30. The number of hydrogen-bond donors (Lipinski definition) is 2. The molecule has 0 saturated heterocycles. The Hall–Kier alpha value is -1.62. The van der Waals surface area contributed by atoms with Crippen LogP contribution < -0.4 is 15.5 Å². The van der Waals surface area contributed by atoms with Crippen molar-refractivity contribution in [3.63, 3.8) is 0 Å². The summed E-state index contributed by atoms with van der Waals surface area (Å²) in [5.41, 5.74) is 4.83. The van der Waals surface area contributed by atoms with Gasteiger partial charge in [-0.1, -0.05) is 31.4 Å². The average Bonchev–Trinajstić information content (AvgIpc) is 2.53. The lowest BCUT2D eigenvalue weighted by atomic mass is 9.96. The molecule has 0 atom stereocenters. The highest BCUT2D eigenvalue weighted by Gasteiger charge is 2.13. The van der Waals surface area contributed by atoms with Gasteiger partial charge in [0.1, 0.15) is 5.75 Å². The fourth-order valence-electron chi connectivity index (χ4n) is 2.51. The topological polar surface area (TPSA) is 45.6 Å². The second-order valence-electron chi connectivity index (χ2n) is 5.35. The van der Waals surface area contributed by atoms with Gasteiger partial charge in [0.25, 0.3) is 0 Å². The summed E-state index contributed by atoms with van der Waals surface area (Å²) in [4.78, 5) is 0. The minimum Gasteiger partial charge on any atom is -0.497 e. The van der Waals surface area contributed by atoms with E-state index >= 15 is 0 Å². The van der Waals surface area contributed by atoms with Gasteiger partial charge in [0.05, 0.1) is 12.8 Å². The average molecular weight is 305 g/mol. The molecule has 1 aliphatic carbocycles. The van der Waals surface area contributed by atoms with Gasteiger partial charge >= 0.3 is 0 Å². The molecule has 0 radical (unpaired) electrons. The van der Waals surface area contributed by atoms with Crippen LogP contribution in [0.3, 0.4) is 0 Å². The molecule has 0 unspecified atom stereocenters. The predicted octanol–water partition coefficient (Wildman–Crippen LogP) is 3.22. The third-order valence-corrected chi connectivity index (χ3v) is 3.96. The highest BCUT2D eigenvalue weighted by atomic mass is 32.1.